The molecule has 0 saturated carbocycles. The summed E-state index contributed by atoms with van der Waals surface area (Å²) in [6.45, 7) is 6.73. The Bertz CT molecular complexity index is 338. The molecular formula is C11H18N2O2S. The van der Waals surface area contributed by atoms with E-state index in [1.807, 2.05) is 5.38 Å². The van der Waals surface area contributed by atoms with Crippen LogP contribution in [-0.4, -0.2) is 24.6 Å². The smallest absolute Gasteiger partial charge is 0.332 e. The monoisotopic (exact) mass is 242 g/mol. The maximum absolute atomic E-state index is 11.8. The van der Waals surface area contributed by atoms with Crippen molar-refractivity contribution in [1.82, 2.24) is 10.3 Å². The van der Waals surface area contributed by atoms with Crippen molar-refractivity contribution < 1.29 is 9.53 Å². The largest absolute Gasteiger partial charge is 0.467 e. The summed E-state index contributed by atoms with van der Waals surface area (Å²) in [5, 5.41) is 5.81. The number of methoxy groups -OCH3 is 1. The van der Waals surface area contributed by atoms with Crippen molar-refractivity contribution in [2.45, 2.75) is 26.3 Å². The molecule has 0 spiro atoms. The fourth-order valence-corrected chi connectivity index (χ4v) is 2.08. The van der Waals surface area contributed by atoms with Gasteiger partial charge in [-0.1, -0.05) is 13.8 Å². The van der Waals surface area contributed by atoms with Crippen LogP contribution < -0.4 is 5.32 Å². The van der Waals surface area contributed by atoms with Gasteiger partial charge in [0, 0.05) is 11.6 Å². The Hall–Kier alpha value is -0.940. The number of rotatable bonds is 5. The minimum Gasteiger partial charge on any atom is -0.467 e. The number of aromatic nitrogens is 1. The third kappa shape index (κ3) is 2.80. The molecule has 1 atom stereocenters. The van der Waals surface area contributed by atoms with Crippen LogP contribution in [0.5, 0.6) is 0 Å². The zero-order chi connectivity index (χ0) is 12.2. The molecule has 1 aromatic heterocycles. The zero-order valence-electron chi connectivity index (χ0n) is 10.1. The second-order valence-corrected chi connectivity index (χ2v) is 5.12. The van der Waals surface area contributed by atoms with E-state index in [2.05, 4.69) is 24.1 Å². The lowest BCUT2D eigenvalue weighted by Crippen LogP contribution is -2.48. The third-order valence-corrected chi connectivity index (χ3v) is 3.31. The predicted octanol–water partition coefficient (Wildman–Crippen LogP) is 1.78. The Balaban J connectivity index is 2.89. The van der Waals surface area contributed by atoms with E-state index in [1.165, 1.54) is 18.4 Å². The van der Waals surface area contributed by atoms with E-state index >= 15 is 0 Å². The normalized spacial score (nSPS) is 14.8. The summed E-state index contributed by atoms with van der Waals surface area (Å²) in [7, 11) is 1.39. The van der Waals surface area contributed by atoms with Gasteiger partial charge in [0.2, 0.25) is 0 Å². The summed E-state index contributed by atoms with van der Waals surface area (Å²) in [6, 6.07) is 0. The Kier molecular flexibility index (Phi) is 4.44. The van der Waals surface area contributed by atoms with Crippen LogP contribution in [-0.2, 0) is 15.1 Å². The van der Waals surface area contributed by atoms with Crippen molar-refractivity contribution >= 4 is 17.3 Å². The Morgan fingerprint density at radius 3 is 2.81 bits per heavy atom. The van der Waals surface area contributed by atoms with Crippen molar-refractivity contribution in [3.8, 4) is 0 Å². The number of ether oxygens (including phenoxy) is 1. The van der Waals surface area contributed by atoms with Gasteiger partial charge in [-0.2, -0.15) is 0 Å². The first kappa shape index (κ1) is 13.1. The first-order valence-corrected chi connectivity index (χ1v) is 6.12. The second-order valence-electron chi connectivity index (χ2n) is 4.23. The van der Waals surface area contributed by atoms with Crippen molar-refractivity contribution in [2.24, 2.45) is 5.92 Å². The molecule has 0 fully saturated rings. The second kappa shape index (κ2) is 5.41. The average molecular weight is 242 g/mol. The van der Waals surface area contributed by atoms with Crippen molar-refractivity contribution in [3.05, 3.63) is 16.6 Å². The van der Waals surface area contributed by atoms with E-state index in [4.69, 9.17) is 4.74 Å². The van der Waals surface area contributed by atoms with Crippen molar-refractivity contribution in [2.75, 3.05) is 13.7 Å². The molecular weight excluding hydrogens is 224 g/mol. The number of hydrogen-bond donors (Lipinski definition) is 1. The molecule has 0 amide bonds. The van der Waals surface area contributed by atoms with Gasteiger partial charge in [-0.3, -0.25) is 5.32 Å². The number of esters is 1. The highest BCUT2D eigenvalue weighted by Crippen LogP contribution is 2.24. The molecule has 5 heteroatoms. The van der Waals surface area contributed by atoms with E-state index in [0.717, 1.165) is 11.6 Å². The Morgan fingerprint density at radius 1 is 1.69 bits per heavy atom. The fourth-order valence-electron chi connectivity index (χ4n) is 1.32. The highest BCUT2D eigenvalue weighted by molar-refractivity contribution is 7.09. The zero-order valence-corrected chi connectivity index (χ0v) is 10.9. The van der Waals surface area contributed by atoms with Crippen LogP contribution in [0.25, 0.3) is 0 Å². The summed E-state index contributed by atoms with van der Waals surface area (Å²) < 4.78 is 4.84. The molecule has 0 radical (unpaired) electrons. The minimum absolute atomic E-state index is 0.303. The molecule has 0 aliphatic rings. The standard InChI is InChI=1S/C11H18N2O2S/c1-8(2)7-13-11(3,10(14)15-4)9-12-5-6-16-9/h5-6,8,13H,7H2,1-4H3. The summed E-state index contributed by atoms with van der Waals surface area (Å²) in [4.78, 5) is 16.0. The van der Waals surface area contributed by atoms with Gasteiger partial charge in [0.25, 0.3) is 0 Å². The van der Waals surface area contributed by atoms with Crippen LogP contribution in [0, 0.1) is 5.92 Å². The van der Waals surface area contributed by atoms with Crippen LogP contribution in [0.2, 0.25) is 0 Å². The van der Waals surface area contributed by atoms with Gasteiger partial charge in [-0.25, -0.2) is 9.78 Å². The molecule has 16 heavy (non-hydrogen) atoms. The van der Waals surface area contributed by atoms with Crippen molar-refractivity contribution in [1.29, 1.82) is 0 Å². The third-order valence-electron chi connectivity index (χ3n) is 2.32. The fraction of sp³-hybridized carbons (Fsp3) is 0.636. The molecule has 1 rings (SSSR count). The van der Waals surface area contributed by atoms with Gasteiger partial charge >= 0.3 is 5.97 Å². The molecule has 0 aliphatic heterocycles. The SMILES string of the molecule is COC(=O)C(C)(NCC(C)C)c1nccs1. The number of carbonyl (C=O) groups is 1. The van der Waals surface area contributed by atoms with Gasteiger partial charge in [-0.05, 0) is 19.4 Å². The first-order chi connectivity index (χ1) is 7.50. The number of hydrogen-bond acceptors (Lipinski definition) is 5. The average Bonchev–Trinajstić information content (AvgIpc) is 2.78. The molecule has 0 bridgehead atoms. The maximum Gasteiger partial charge on any atom is 0.332 e. The Morgan fingerprint density at radius 2 is 2.38 bits per heavy atom. The number of thiazole rings is 1. The lowest BCUT2D eigenvalue weighted by Gasteiger charge is -2.26. The van der Waals surface area contributed by atoms with Gasteiger partial charge in [0.15, 0.2) is 5.54 Å². The highest BCUT2D eigenvalue weighted by Gasteiger charge is 2.38. The van der Waals surface area contributed by atoms with E-state index in [9.17, 15) is 4.79 Å². The lowest BCUT2D eigenvalue weighted by atomic mass is 10.0. The molecule has 4 nitrogen and oxygen atoms in total. The van der Waals surface area contributed by atoms with Crippen LogP contribution in [0.1, 0.15) is 25.8 Å². The van der Waals surface area contributed by atoms with E-state index < -0.39 is 5.54 Å². The minimum atomic E-state index is -0.840. The van der Waals surface area contributed by atoms with Gasteiger partial charge in [-0.15, -0.1) is 11.3 Å². The molecule has 0 saturated heterocycles. The number of nitrogens with zero attached hydrogens (tertiary/aromatic N) is 1. The van der Waals surface area contributed by atoms with E-state index in [1.54, 1.807) is 13.1 Å². The van der Waals surface area contributed by atoms with Crippen molar-refractivity contribution in [3.63, 3.8) is 0 Å². The van der Waals surface area contributed by atoms with Crippen LogP contribution in [0.3, 0.4) is 0 Å². The maximum atomic E-state index is 11.8. The first-order valence-electron chi connectivity index (χ1n) is 5.24. The topological polar surface area (TPSA) is 51.2 Å². The Labute approximate surface area is 100 Å². The molecule has 1 heterocycles. The van der Waals surface area contributed by atoms with Crippen LogP contribution in [0.4, 0.5) is 0 Å². The number of nitrogens with one attached hydrogen (secondary N) is 1. The highest BCUT2D eigenvalue weighted by atomic mass is 32.1. The predicted molar refractivity (Wildman–Crippen MR) is 64.3 cm³/mol. The van der Waals surface area contributed by atoms with Gasteiger partial charge < -0.3 is 4.74 Å². The molecule has 1 unspecified atom stereocenters. The van der Waals surface area contributed by atoms with Crippen LogP contribution in [0.15, 0.2) is 11.6 Å². The summed E-state index contributed by atoms with van der Waals surface area (Å²) >= 11 is 1.45. The quantitative estimate of drug-likeness (QED) is 0.800. The summed E-state index contributed by atoms with van der Waals surface area (Å²) in [6.07, 6.45) is 1.69. The van der Waals surface area contributed by atoms with Gasteiger partial charge in [0.05, 0.1) is 7.11 Å². The number of carbonyl (C=O) groups excluding carboxylic acids is 1. The molecule has 90 valence electrons. The summed E-state index contributed by atoms with van der Waals surface area (Å²) in [5.41, 5.74) is -0.840. The van der Waals surface area contributed by atoms with E-state index in [0.29, 0.717) is 5.92 Å². The lowest BCUT2D eigenvalue weighted by molar-refractivity contribution is -0.148. The van der Waals surface area contributed by atoms with Crippen LogP contribution >= 0.6 is 11.3 Å². The van der Waals surface area contributed by atoms with Gasteiger partial charge in [0.1, 0.15) is 5.01 Å². The molecule has 1 N–H and O–H groups in total. The van der Waals surface area contributed by atoms with E-state index in [-0.39, 0.29) is 5.97 Å². The molecule has 0 aliphatic carbocycles. The molecule has 0 aromatic carbocycles. The molecule has 1 aromatic rings. The summed E-state index contributed by atoms with van der Waals surface area (Å²) in [5.74, 6) is 0.159.